The van der Waals surface area contributed by atoms with Gasteiger partial charge in [-0.1, -0.05) is 54.2 Å². The summed E-state index contributed by atoms with van der Waals surface area (Å²) in [5.41, 5.74) is 2.25. The van der Waals surface area contributed by atoms with E-state index in [0.717, 1.165) is 5.56 Å². The third kappa shape index (κ3) is 2.04. The maximum atomic E-state index is 13.3. The van der Waals surface area contributed by atoms with E-state index in [1.807, 2.05) is 42.5 Å². The molecule has 6 heteroatoms. The van der Waals surface area contributed by atoms with Crippen molar-refractivity contribution in [2.45, 2.75) is 27.5 Å². The molecule has 0 aromatic heterocycles. The fourth-order valence-corrected chi connectivity index (χ4v) is 7.30. The van der Waals surface area contributed by atoms with Crippen molar-refractivity contribution in [2.75, 3.05) is 11.9 Å². The zero-order valence-electron chi connectivity index (χ0n) is 13.7. The lowest BCUT2D eigenvalue weighted by Gasteiger charge is -2.26. The lowest BCUT2D eigenvalue weighted by molar-refractivity contribution is -0.127. The van der Waals surface area contributed by atoms with Crippen molar-refractivity contribution in [2.24, 2.45) is 0 Å². The zero-order chi connectivity index (χ0) is 17.2. The van der Waals surface area contributed by atoms with Crippen LogP contribution in [0.4, 0.5) is 5.69 Å². The Morgan fingerprint density at radius 1 is 1.12 bits per heavy atom. The molecule has 4 nitrogen and oxygen atoms in total. The number of rotatable bonds is 2. The van der Waals surface area contributed by atoms with Gasteiger partial charge in [-0.2, -0.15) is 0 Å². The number of nitrogens with one attached hydrogen (secondary N) is 1. The van der Waals surface area contributed by atoms with Crippen molar-refractivity contribution < 1.29 is 4.79 Å². The number of hydrogen-bond donors (Lipinski definition) is 1. The highest BCUT2D eigenvalue weighted by atomic mass is 32.2. The third-order valence-electron chi connectivity index (χ3n) is 5.23. The quantitative estimate of drug-likeness (QED) is 0.883. The maximum absolute atomic E-state index is 13.3. The van der Waals surface area contributed by atoms with Crippen LogP contribution in [0.25, 0.3) is 0 Å². The van der Waals surface area contributed by atoms with Gasteiger partial charge in [0.1, 0.15) is 4.75 Å². The molecule has 25 heavy (non-hydrogen) atoms. The number of hydrogen-bond acceptors (Lipinski definition) is 5. The van der Waals surface area contributed by atoms with Gasteiger partial charge in [-0.15, -0.1) is 11.8 Å². The Morgan fingerprint density at radius 2 is 1.84 bits per heavy atom. The molecule has 1 amide bonds. The van der Waals surface area contributed by atoms with Gasteiger partial charge in [-0.25, -0.2) is 0 Å². The van der Waals surface area contributed by atoms with Gasteiger partial charge in [0.15, 0.2) is 5.17 Å². The SMILES string of the molecule is CN1c2ccccc2SC2C1C21SC(=N)N(Cc2ccccc2)C1=O. The molecule has 3 aliphatic rings. The number of anilines is 1. The summed E-state index contributed by atoms with van der Waals surface area (Å²) < 4.78 is -0.510. The molecule has 3 unspecified atom stereocenters. The van der Waals surface area contributed by atoms with Crippen molar-refractivity contribution in [1.29, 1.82) is 5.41 Å². The summed E-state index contributed by atoms with van der Waals surface area (Å²) in [6.07, 6.45) is 0. The van der Waals surface area contributed by atoms with E-state index in [1.54, 1.807) is 16.7 Å². The molecule has 0 bridgehead atoms. The van der Waals surface area contributed by atoms with Gasteiger partial charge in [-0.05, 0) is 17.7 Å². The number of thioether (sulfide) groups is 2. The number of nitrogens with zero attached hydrogens (tertiary/aromatic N) is 2. The fourth-order valence-electron chi connectivity index (χ4n) is 3.93. The summed E-state index contributed by atoms with van der Waals surface area (Å²) in [6, 6.07) is 18.4. The average Bonchev–Trinajstić information content (AvgIpc) is 3.20. The number of fused-ring (bicyclic) bond motifs is 4. The van der Waals surface area contributed by atoms with Crippen LogP contribution in [0.3, 0.4) is 0 Å². The number of carbonyl (C=O) groups is 1. The van der Waals surface area contributed by atoms with E-state index in [0.29, 0.717) is 11.7 Å². The molecule has 2 aromatic carbocycles. The molecule has 1 spiro atoms. The van der Waals surface area contributed by atoms with E-state index in [-0.39, 0.29) is 17.2 Å². The van der Waals surface area contributed by atoms with Crippen molar-refractivity contribution >= 4 is 40.3 Å². The molecule has 5 rings (SSSR count). The van der Waals surface area contributed by atoms with Crippen LogP contribution >= 0.6 is 23.5 Å². The first-order valence-electron chi connectivity index (χ1n) is 8.25. The summed E-state index contributed by atoms with van der Waals surface area (Å²) in [5.74, 6) is 0.0912. The topological polar surface area (TPSA) is 47.4 Å². The van der Waals surface area contributed by atoms with Crippen molar-refractivity contribution in [3.63, 3.8) is 0 Å². The number of benzene rings is 2. The van der Waals surface area contributed by atoms with Crippen molar-refractivity contribution in [1.82, 2.24) is 4.90 Å². The molecule has 126 valence electrons. The lowest BCUT2D eigenvalue weighted by atomic mass is 10.2. The second kappa shape index (κ2) is 5.29. The molecule has 1 aliphatic carbocycles. The molecule has 1 saturated carbocycles. The minimum absolute atomic E-state index is 0.0912. The van der Waals surface area contributed by atoms with Gasteiger partial charge in [0.05, 0.1) is 23.5 Å². The highest BCUT2D eigenvalue weighted by molar-refractivity contribution is 8.17. The predicted molar refractivity (Wildman–Crippen MR) is 103 cm³/mol. The predicted octanol–water partition coefficient (Wildman–Crippen LogP) is 3.43. The molecule has 2 fully saturated rings. The molecule has 2 aromatic rings. The number of para-hydroxylation sites is 1. The largest absolute Gasteiger partial charge is 0.367 e. The monoisotopic (exact) mass is 367 g/mol. The van der Waals surface area contributed by atoms with Crippen LogP contribution in [0, 0.1) is 5.41 Å². The van der Waals surface area contributed by atoms with Crippen LogP contribution in [0.15, 0.2) is 59.5 Å². The summed E-state index contributed by atoms with van der Waals surface area (Å²) >= 11 is 3.24. The first-order chi connectivity index (χ1) is 12.1. The van der Waals surface area contributed by atoms with E-state index in [9.17, 15) is 4.79 Å². The Balaban J connectivity index is 1.45. The Hall–Kier alpha value is -1.92. The molecule has 3 atom stereocenters. The van der Waals surface area contributed by atoms with Crippen molar-refractivity contribution in [3.05, 3.63) is 60.2 Å². The third-order valence-corrected chi connectivity index (χ3v) is 8.28. The summed E-state index contributed by atoms with van der Waals surface area (Å²) in [6.45, 7) is 0.480. The maximum Gasteiger partial charge on any atom is 0.248 e. The van der Waals surface area contributed by atoms with Crippen LogP contribution in [-0.2, 0) is 11.3 Å². The van der Waals surface area contributed by atoms with Gasteiger partial charge >= 0.3 is 0 Å². The fraction of sp³-hybridized carbons (Fsp3) is 0.263. The summed E-state index contributed by atoms with van der Waals surface area (Å²) in [5, 5.41) is 8.99. The van der Waals surface area contributed by atoms with Gasteiger partial charge in [-0.3, -0.25) is 15.1 Å². The minimum atomic E-state index is -0.510. The van der Waals surface area contributed by atoms with Crippen LogP contribution in [-0.4, -0.2) is 39.1 Å². The van der Waals surface area contributed by atoms with Gasteiger partial charge in [0, 0.05) is 11.9 Å². The highest BCUT2D eigenvalue weighted by Gasteiger charge is 2.78. The summed E-state index contributed by atoms with van der Waals surface area (Å²) in [4.78, 5) is 18.4. The van der Waals surface area contributed by atoms with Crippen LogP contribution < -0.4 is 4.90 Å². The van der Waals surface area contributed by atoms with E-state index in [4.69, 9.17) is 5.41 Å². The highest BCUT2D eigenvalue weighted by Crippen LogP contribution is 2.67. The zero-order valence-corrected chi connectivity index (χ0v) is 15.3. The smallest absolute Gasteiger partial charge is 0.248 e. The molecular weight excluding hydrogens is 350 g/mol. The molecule has 2 heterocycles. The van der Waals surface area contributed by atoms with Gasteiger partial charge in [0.2, 0.25) is 5.91 Å². The Labute approximate surface area is 155 Å². The Morgan fingerprint density at radius 3 is 2.64 bits per heavy atom. The summed E-state index contributed by atoms with van der Waals surface area (Å²) in [7, 11) is 2.07. The number of carbonyl (C=O) groups excluding carboxylic acids is 1. The van der Waals surface area contributed by atoms with Crippen molar-refractivity contribution in [3.8, 4) is 0 Å². The van der Waals surface area contributed by atoms with E-state index < -0.39 is 4.75 Å². The molecule has 0 radical (unpaired) electrons. The number of amidine groups is 1. The van der Waals surface area contributed by atoms with E-state index >= 15 is 0 Å². The standard InChI is InChI=1S/C19H17N3OS2/c1-21-13-9-5-6-10-14(13)24-16-15(21)19(16)17(23)22(18(20)25-19)11-12-7-3-2-4-8-12/h2-10,15-16,20H,11H2,1H3. The first-order valence-corrected chi connectivity index (χ1v) is 9.94. The van der Waals surface area contributed by atoms with E-state index in [1.165, 1.54) is 22.3 Å². The normalized spacial score (nSPS) is 29.8. The Bertz CT molecular complexity index is 887. The molecule has 1 N–H and O–H groups in total. The van der Waals surface area contributed by atoms with Crippen LogP contribution in [0.1, 0.15) is 5.56 Å². The Kier molecular flexibility index (Phi) is 3.24. The number of amides is 1. The second-order valence-corrected chi connectivity index (χ2v) is 9.09. The average molecular weight is 367 g/mol. The van der Waals surface area contributed by atoms with Crippen LogP contribution in [0.5, 0.6) is 0 Å². The first kappa shape index (κ1) is 15.3. The lowest BCUT2D eigenvalue weighted by Crippen LogP contribution is -2.36. The minimum Gasteiger partial charge on any atom is -0.367 e. The second-order valence-electron chi connectivity index (χ2n) is 6.64. The van der Waals surface area contributed by atoms with Gasteiger partial charge < -0.3 is 4.90 Å². The van der Waals surface area contributed by atoms with E-state index in [2.05, 4.69) is 24.1 Å². The molecule has 1 saturated heterocycles. The van der Waals surface area contributed by atoms with Gasteiger partial charge in [0.25, 0.3) is 0 Å². The molecular formula is C19H17N3OS2. The molecule has 2 aliphatic heterocycles. The van der Waals surface area contributed by atoms with Crippen LogP contribution in [0.2, 0.25) is 0 Å².